The van der Waals surface area contributed by atoms with Crippen LogP contribution in [0.25, 0.3) is 0 Å². The minimum absolute atomic E-state index is 0.162. The molecule has 0 aliphatic carbocycles. The molecule has 0 aromatic heterocycles. The first kappa shape index (κ1) is 18.7. The summed E-state index contributed by atoms with van der Waals surface area (Å²) in [6.07, 6.45) is 3.37. The van der Waals surface area contributed by atoms with Gasteiger partial charge in [0.2, 0.25) is 0 Å². The second kappa shape index (κ2) is 5.60. The van der Waals surface area contributed by atoms with E-state index in [1.807, 2.05) is 0 Å². The van der Waals surface area contributed by atoms with Gasteiger partial charge in [-0.25, -0.2) is 0 Å². The second-order valence-electron chi connectivity index (χ2n) is 8.94. The minimum Gasteiger partial charge on any atom is -0.327 e. The Kier molecular flexibility index (Phi) is 5.51. The van der Waals surface area contributed by atoms with Crippen LogP contribution in [-0.2, 0) is 0 Å². The summed E-state index contributed by atoms with van der Waals surface area (Å²) in [6.45, 7) is 24.2. The van der Waals surface area contributed by atoms with Gasteiger partial charge in [-0.3, -0.25) is 0 Å². The molecule has 0 saturated heterocycles. The van der Waals surface area contributed by atoms with Crippen LogP contribution < -0.4 is 5.73 Å². The van der Waals surface area contributed by atoms with Crippen LogP contribution in [0.4, 0.5) is 0 Å². The molecule has 19 heavy (non-hydrogen) atoms. The number of rotatable bonds is 5. The van der Waals surface area contributed by atoms with Gasteiger partial charge in [0, 0.05) is 6.54 Å². The van der Waals surface area contributed by atoms with E-state index in [4.69, 9.17) is 5.73 Å². The van der Waals surface area contributed by atoms with E-state index in [1.165, 1.54) is 12.0 Å². The van der Waals surface area contributed by atoms with Crippen LogP contribution in [0.1, 0.15) is 75.7 Å². The maximum atomic E-state index is 5.69. The Morgan fingerprint density at radius 3 is 1.58 bits per heavy atom. The Balaban J connectivity index is 5.35. The number of hydrogen-bond donors (Lipinski definition) is 1. The number of nitrogens with two attached hydrogens (primary N) is 1. The summed E-state index contributed by atoms with van der Waals surface area (Å²) in [4.78, 5) is 0. The van der Waals surface area contributed by atoms with Gasteiger partial charge in [-0.05, 0) is 35.0 Å². The lowest BCUT2D eigenvalue weighted by Crippen LogP contribution is -2.41. The van der Waals surface area contributed by atoms with Gasteiger partial charge in [0.1, 0.15) is 0 Å². The van der Waals surface area contributed by atoms with Gasteiger partial charge in [0.15, 0.2) is 0 Å². The van der Waals surface area contributed by atoms with Crippen molar-refractivity contribution in [2.75, 3.05) is 6.54 Å². The highest BCUT2D eigenvalue weighted by molar-refractivity contribution is 5.15. The van der Waals surface area contributed by atoms with Gasteiger partial charge in [0.05, 0.1) is 0 Å². The smallest absolute Gasteiger partial charge is 0.0109 e. The third kappa shape index (κ3) is 4.08. The van der Waals surface area contributed by atoms with Gasteiger partial charge >= 0.3 is 0 Å². The number of allylic oxidation sites excluding steroid dienone is 1. The molecule has 0 saturated carbocycles. The summed E-state index contributed by atoms with van der Waals surface area (Å²) in [5, 5.41) is 0. The Bertz CT molecular complexity index is 324. The Hall–Kier alpha value is -0.300. The Labute approximate surface area is 122 Å². The molecular formula is C18H37N. The van der Waals surface area contributed by atoms with Gasteiger partial charge in [-0.1, -0.05) is 74.0 Å². The molecule has 2 N–H and O–H groups in total. The van der Waals surface area contributed by atoms with Crippen LogP contribution in [0.15, 0.2) is 11.6 Å². The molecule has 0 atom stereocenters. The van der Waals surface area contributed by atoms with Crippen molar-refractivity contribution < 1.29 is 0 Å². The van der Waals surface area contributed by atoms with Gasteiger partial charge in [-0.15, -0.1) is 0 Å². The van der Waals surface area contributed by atoms with Crippen LogP contribution in [0.3, 0.4) is 0 Å². The Morgan fingerprint density at radius 2 is 1.26 bits per heavy atom. The third-order valence-electron chi connectivity index (χ3n) is 6.02. The monoisotopic (exact) mass is 267 g/mol. The average Bonchev–Trinajstić information content (AvgIpc) is 2.14. The fourth-order valence-electron chi connectivity index (χ4n) is 2.56. The molecular weight excluding hydrogens is 230 g/mol. The first-order valence-corrected chi connectivity index (χ1v) is 7.56. The molecule has 0 spiro atoms. The van der Waals surface area contributed by atoms with Crippen molar-refractivity contribution in [2.24, 2.45) is 27.4 Å². The van der Waals surface area contributed by atoms with Crippen LogP contribution in [-0.4, -0.2) is 6.54 Å². The number of hydrogen-bond acceptors (Lipinski definition) is 1. The fourth-order valence-corrected chi connectivity index (χ4v) is 2.56. The molecule has 0 radical (unpaired) electrons. The topological polar surface area (TPSA) is 26.0 Å². The zero-order valence-electron chi connectivity index (χ0n) is 15.1. The molecule has 0 fully saturated rings. The summed E-state index contributed by atoms with van der Waals surface area (Å²) < 4.78 is 0. The van der Waals surface area contributed by atoms with Crippen molar-refractivity contribution >= 4 is 0 Å². The highest BCUT2D eigenvalue weighted by Crippen LogP contribution is 2.54. The quantitative estimate of drug-likeness (QED) is 0.663. The van der Waals surface area contributed by atoms with E-state index in [-0.39, 0.29) is 10.8 Å². The molecule has 114 valence electrons. The van der Waals surface area contributed by atoms with Crippen molar-refractivity contribution in [3.8, 4) is 0 Å². The van der Waals surface area contributed by atoms with Crippen molar-refractivity contribution in [1.29, 1.82) is 0 Å². The first-order valence-electron chi connectivity index (χ1n) is 7.56. The fraction of sp³-hybridized carbons (Fsp3) is 0.889. The van der Waals surface area contributed by atoms with Crippen LogP contribution in [0.5, 0.6) is 0 Å². The molecule has 0 heterocycles. The Morgan fingerprint density at radius 1 is 0.842 bits per heavy atom. The molecule has 0 bridgehead atoms. The molecule has 0 aliphatic heterocycles. The molecule has 0 aliphatic rings. The summed E-state index contributed by atoms with van der Waals surface area (Å²) in [6, 6.07) is 0. The summed E-state index contributed by atoms with van der Waals surface area (Å²) in [5.74, 6) is 0. The van der Waals surface area contributed by atoms with Crippen molar-refractivity contribution in [2.45, 2.75) is 75.7 Å². The largest absolute Gasteiger partial charge is 0.327 e. The van der Waals surface area contributed by atoms with Gasteiger partial charge in [0.25, 0.3) is 0 Å². The summed E-state index contributed by atoms with van der Waals surface area (Å²) in [7, 11) is 0. The lowest BCUT2D eigenvalue weighted by Gasteiger charge is -2.51. The third-order valence-corrected chi connectivity index (χ3v) is 6.02. The van der Waals surface area contributed by atoms with Crippen LogP contribution in [0, 0.1) is 21.7 Å². The molecule has 1 heteroatoms. The van der Waals surface area contributed by atoms with E-state index >= 15 is 0 Å². The molecule has 0 aromatic rings. The van der Waals surface area contributed by atoms with E-state index in [1.54, 1.807) is 0 Å². The predicted molar refractivity (Wildman–Crippen MR) is 88.2 cm³/mol. The lowest BCUT2D eigenvalue weighted by molar-refractivity contribution is 0.0182. The predicted octanol–water partition coefficient (Wildman–Crippen LogP) is 5.41. The minimum atomic E-state index is 0.162. The van der Waals surface area contributed by atoms with E-state index in [2.05, 4.69) is 75.3 Å². The first-order chi connectivity index (χ1) is 8.19. The van der Waals surface area contributed by atoms with E-state index < -0.39 is 0 Å². The van der Waals surface area contributed by atoms with E-state index in [9.17, 15) is 0 Å². The van der Waals surface area contributed by atoms with Gasteiger partial charge < -0.3 is 5.73 Å². The highest BCUT2D eigenvalue weighted by Gasteiger charge is 2.45. The standard InChI is InChI=1S/C18H37N/c1-14(11-12-19)18(9,10)17(7,8)13-16(5,6)15(2,3)4/h11H,12-13,19H2,1-10H3/b14-11+. The van der Waals surface area contributed by atoms with E-state index in [0.29, 0.717) is 17.4 Å². The zero-order chi connectivity index (χ0) is 15.7. The van der Waals surface area contributed by atoms with Crippen molar-refractivity contribution in [1.82, 2.24) is 0 Å². The molecule has 1 nitrogen and oxygen atoms in total. The molecule has 0 amide bonds. The molecule has 0 rings (SSSR count). The molecule has 0 aromatic carbocycles. The summed E-state index contributed by atoms with van der Waals surface area (Å²) in [5.41, 5.74) is 8.11. The van der Waals surface area contributed by atoms with Crippen molar-refractivity contribution in [3.05, 3.63) is 11.6 Å². The SMILES string of the molecule is C/C(=C\CN)C(C)(C)C(C)(C)CC(C)(C)C(C)(C)C. The average molecular weight is 268 g/mol. The van der Waals surface area contributed by atoms with Crippen LogP contribution in [0.2, 0.25) is 0 Å². The highest BCUT2D eigenvalue weighted by atomic mass is 14.5. The van der Waals surface area contributed by atoms with Crippen molar-refractivity contribution in [3.63, 3.8) is 0 Å². The second-order valence-corrected chi connectivity index (χ2v) is 8.94. The van der Waals surface area contributed by atoms with Gasteiger partial charge in [-0.2, -0.15) is 0 Å². The maximum absolute atomic E-state index is 5.69. The molecule has 0 unspecified atom stereocenters. The lowest BCUT2D eigenvalue weighted by atomic mass is 9.54. The summed E-state index contributed by atoms with van der Waals surface area (Å²) >= 11 is 0. The van der Waals surface area contributed by atoms with Crippen LogP contribution >= 0.6 is 0 Å². The van der Waals surface area contributed by atoms with E-state index in [0.717, 1.165) is 0 Å². The zero-order valence-corrected chi connectivity index (χ0v) is 15.1. The maximum Gasteiger partial charge on any atom is 0.0109 e. The normalized spacial score (nSPS) is 15.8.